The molecular weight excluding hydrogens is 468 g/mol. The third-order valence-corrected chi connectivity index (χ3v) is 6.59. The molecule has 2 amide bonds. The first-order valence-corrected chi connectivity index (χ1v) is 12.1. The molecular formula is C30H32N2O5. The zero-order chi connectivity index (χ0) is 26.5. The molecule has 0 radical (unpaired) electrons. The topological polar surface area (TPSA) is 68.3 Å². The Kier molecular flexibility index (Phi) is 7.82. The van der Waals surface area contributed by atoms with Crippen molar-refractivity contribution in [2.45, 2.75) is 32.4 Å². The van der Waals surface area contributed by atoms with Crippen LogP contribution in [0.5, 0.6) is 17.2 Å². The van der Waals surface area contributed by atoms with E-state index in [1.807, 2.05) is 66.4 Å². The molecule has 3 aromatic rings. The summed E-state index contributed by atoms with van der Waals surface area (Å²) in [7, 11) is 4.66. The fourth-order valence-corrected chi connectivity index (χ4v) is 4.98. The number of fused-ring (bicyclic) bond motifs is 1. The molecule has 2 atom stereocenters. The maximum Gasteiger partial charge on any atom is 0.251 e. The molecule has 1 aliphatic heterocycles. The second-order valence-corrected chi connectivity index (χ2v) is 8.88. The average Bonchev–Trinajstić information content (AvgIpc) is 2.91. The van der Waals surface area contributed by atoms with Gasteiger partial charge in [-0.25, -0.2) is 0 Å². The molecule has 7 nitrogen and oxygen atoms in total. The molecule has 3 aromatic carbocycles. The molecule has 7 heteroatoms. The highest BCUT2D eigenvalue weighted by atomic mass is 16.5. The quantitative estimate of drug-likeness (QED) is 0.393. The predicted octanol–water partition coefficient (Wildman–Crippen LogP) is 5.65. The Labute approximate surface area is 217 Å². The normalized spacial score (nSPS) is 16.7. The van der Waals surface area contributed by atoms with Gasteiger partial charge in [-0.3, -0.25) is 9.59 Å². The van der Waals surface area contributed by atoms with Crippen LogP contribution in [0.15, 0.2) is 72.8 Å². The molecule has 0 saturated heterocycles. The number of carbonyl (C=O) groups is 2. The first-order chi connectivity index (χ1) is 17.9. The highest BCUT2D eigenvalue weighted by Gasteiger charge is 2.37. The molecule has 0 unspecified atom stereocenters. The third kappa shape index (κ3) is 5.16. The molecule has 37 heavy (non-hydrogen) atoms. The molecule has 192 valence electrons. The SMILES string of the molecule is COc1cc(/C=C/C(=O)N2c3ccccc3[C@@H](N(C(C)=O)c3ccccc3)C[C@@H]2C)cc(OC)c1OC. The molecule has 1 aliphatic rings. The number of hydrogen-bond acceptors (Lipinski definition) is 5. The fourth-order valence-electron chi connectivity index (χ4n) is 4.98. The Morgan fingerprint density at radius 2 is 1.54 bits per heavy atom. The molecule has 0 aromatic heterocycles. The Morgan fingerprint density at radius 1 is 0.919 bits per heavy atom. The van der Waals surface area contributed by atoms with E-state index < -0.39 is 0 Å². The largest absolute Gasteiger partial charge is 0.493 e. The number of benzene rings is 3. The molecule has 0 fully saturated rings. The van der Waals surface area contributed by atoms with Crippen LogP contribution in [0.3, 0.4) is 0 Å². The van der Waals surface area contributed by atoms with Gasteiger partial charge in [0.1, 0.15) is 0 Å². The van der Waals surface area contributed by atoms with Gasteiger partial charge in [-0.2, -0.15) is 0 Å². The van der Waals surface area contributed by atoms with Gasteiger partial charge in [0, 0.05) is 30.4 Å². The highest BCUT2D eigenvalue weighted by Crippen LogP contribution is 2.42. The molecule has 4 rings (SSSR count). The number of amides is 2. The van der Waals surface area contributed by atoms with Crippen LogP contribution in [0.2, 0.25) is 0 Å². The highest BCUT2D eigenvalue weighted by molar-refractivity contribution is 6.05. The number of methoxy groups -OCH3 is 3. The van der Waals surface area contributed by atoms with E-state index in [0.29, 0.717) is 23.7 Å². The van der Waals surface area contributed by atoms with Gasteiger partial charge in [-0.05, 0) is 60.9 Å². The smallest absolute Gasteiger partial charge is 0.251 e. The maximum atomic E-state index is 13.5. The molecule has 0 aliphatic carbocycles. The lowest BCUT2D eigenvalue weighted by atomic mass is 9.89. The summed E-state index contributed by atoms with van der Waals surface area (Å²) in [5, 5.41) is 0. The van der Waals surface area contributed by atoms with E-state index in [4.69, 9.17) is 14.2 Å². The van der Waals surface area contributed by atoms with Crippen LogP contribution >= 0.6 is 0 Å². The number of ether oxygens (including phenoxy) is 3. The standard InChI is InChI=1S/C30H32N2O5/c1-20-17-26(32(21(2)33)23-11-7-6-8-12-23)24-13-9-10-14-25(24)31(20)29(34)16-15-22-18-27(35-3)30(37-5)28(19-22)36-4/h6-16,18-20,26H,17H2,1-5H3/b16-15+/t20-,26-/m0/s1. The van der Waals surface area contributed by atoms with Crippen LogP contribution in [0.25, 0.3) is 6.08 Å². The first-order valence-electron chi connectivity index (χ1n) is 12.1. The van der Waals surface area contributed by atoms with Crippen LogP contribution in [0.4, 0.5) is 11.4 Å². The van der Waals surface area contributed by atoms with E-state index in [9.17, 15) is 9.59 Å². The Bertz CT molecular complexity index is 1280. The van der Waals surface area contributed by atoms with E-state index in [-0.39, 0.29) is 23.9 Å². The van der Waals surface area contributed by atoms with E-state index in [1.54, 1.807) is 57.4 Å². The number of anilines is 2. The summed E-state index contributed by atoms with van der Waals surface area (Å²) in [5.41, 5.74) is 3.32. The molecule has 1 heterocycles. The lowest BCUT2D eigenvalue weighted by Gasteiger charge is -2.43. The second kappa shape index (κ2) is 11.2. The zero-order valence-corrected chi connectivity index (χ0v) is 21.8. The number of rotatable bonds is 7. The van der Waals surface area contributed by atoms with Gasteiger partial charge >= 0.3 is 0 Å². The van der Waals surface area contributed by atoms with E-state index in [1.165, 1.54) is 0 Å². The van der Waals surface area contributed by atoms with Crippen molar-refractivity contribution in [2.75, 3.05) is 31.1 Å². The minimum Gasteiger partial charge on any atom is -0.493 e. The summed E-state index contributed by atoms with van der Waals surface area (Å²) in [6.07, 6.45) is 3.89. The fraction of sp³-hybridized carbons (Fsp3) is 0.267. The monoisotopic (exact) mass is 500 g/mol. The molecule has 0 saturated carbocycles. The lowest BCUT2D eigenvalue weighted by molar-refractivity contribution is -0.117. The summed E-state index contributed by atoms with van der Waals surface area (Å²) < 4.78 is 16.2. The van der Waals surface area contributed by atoms with Gasteiger partial charge in [0.05, 0.1) is 27.4 Å². The maximum absolute atomic E-state index is 13.5. The minimum atomic E-state index is -0.186. The van der Waals surface area contributed by atoms with Crippen LogP contribution in [0.1, 0.15) is 37.4 Å². The van der Waals surface area contributed by atoms with Gasteiger partial charge in [-0.15, -0.1) is 0 Å². The average molecular weight is 501 g/mol. The van der Waals surface area contributed by atoms with Crippen molar-refractivity contribution in [3.63, 3.8) is 0 Å². The van der Waals surface area contributed by atoms with Gasteiger partial charge in [0.15, 0.2) is 11.5 Å². The van der Waals surface area contributed by atoms with Crippen molar-refractivity contribution in [2.24, 2.45) is 0 Å². The molecule has 0 spiro atoms. The first kappa shape index (κ1) is 25.8. The van der Waals surface area contributed by atoms with Crippen molar-refractivity contribution in [3.05, 3.63) is 83.9 Å². The van der Waals surface area contributed by atoms with Gasteiger partial charge in [0.2, 0.25) is 11.7 Å². The van der Waals surface area contributed by atoms with Crippen LogP contribution < -0.4 is 24.0 Å². The predicted molar refractivity (Wildman–Crippen MR) is 145 cm³/mol. The number of para-hydroxylation sites is 2. The lowest BCUT2D eigenvalue weighted by Crippen LogP contribution is -2.47. The van der Waals surface area contributed by atoms with Gasteiger partial charge < -0.3 is 24.0 Å². The van der Waals surface area contributed by atoms with Crippen molar-refractivity contribution < 1.29 is 23.8 Å². The van der Waals surface area contributed by atoms with Gasteiger partial charge in [-0.1, -0.05) is 36.4 Å². The van der Waals surface area contributed by atoms with Crippen molar-refractivity contribution >= 4 is 29.3 Å². The summed E-state index contributed by atoms with van der Waals surface area (Å²) in [6.45, 7) is 3.59. The summed E-state index contributed by atoms with van der Waals surface area (Å²) >= 11 is 0. The van der Waals surface area contributed by atoms with E-state index in [0.717, 1.165) is 22.5 Å². The summed E-state index contributed by atoms with van der Waals surface area (Å²) in [5.74, 6) is 1.32. The van der Waals surface area contributed by atoms with E-state index >= 15 is 0 Å². The number of carbonyl (C=O) groups excluding carboxylic acids is 2. The summed E-state index contributed by atoms with van der Waals surface area (Å²) in [4.78, 5) is 29.9. The van der Waals surface area contributed by atoms with Crippen molar-refractivity contribution in [1.29, 1.82) is 0 Å². The van der Waals surface area contributed by atoms with Crippen molar-refractivity contribution in [3.8, 4) is 17.2 Å². The summed E-state index contributed by atoms with van der Waals surface area (Å²) in [6, 6.07) is 20.7. The molecule has 0 N–H and O–H groups in total. The van der Waals surface area contributed by atoms with Gasteiger partial charge in [0.25, 0.3) is 5.91 Å². The van der Waals surface area contributed by atoms with Crippen molar-refractivity contribution in [1.82, 2.24) is 0 Å². The Morgan fingerprint density at radius 3 is 2.14 bits per heavy atom. The van der Waals surface area contributed by atoms with Crippen LogP contribution in [0, 0.1) is 0 Å². The number of hydrogen-bond donors (Lipinski definition) is 0. The Balaban J connectivity index is 1.68. The minimum absolute atomic E-state index is 0.0414. The molecule has 0 bridgehead atoms. The Hall–Kier alpha value is -4.26. The third-order valence-electron chi connectivity index (χ3n) is 6.59. The number of nitrogens with zero attached hydrogens (tertiary/aromatic N) is 2. The van der Waals surface area contributed by atoms with Crippen LogP contribution in [-0.4, -0.2) is 39.2 Å². The second-order valence-electron chi connectivity index (χ2n) is 8.88. The van der Waals surface area contributed by atoms with E-state index in [2.05, 4.69) is 0 Å². The zero-order valence-electron chi connectivity index (χ0n) is 21.8. The van der Waals surface area contributed by atoms with Crippen LogP contribution in [-0.2, 0) is 9.59 Å².